The maximum Gasteiger partial charge on any atom is 0.246 e. The number of carbonyl (C=O) groups excluding carboxylic acids is 1. The number of aliphatic hydroxyl groups excluding tert-OH is 1. The summed E-state index contributed by atoms with van der Waals surface area (Å²) in [6.07, 6.45) is 3.88. The Hall–Kier alpha value is -0.830. The summed E-state index contributed by atoms with van der Waals surface area (Å²) in [5.41, 5.74) is 1.03. The molecule has 1 amide bonds. The van der Waals surface area contributed by atoms with Gasteiger partial charge in [-0.2, -0.15) is 0 Å². The Morgan fingerprint density at radius 1 is 1.36 bits per heavy atom. The predicted molar refractivity (Wildman–Crippen MR) is 55.9 cm³/mol. The molecular formula is C11H19NO2. The van der Waals surface area contributed by atoms with Crippen LogP contribution in [0.25, 0.3) is 0 Å². The molecule has 14 heavy (non-hydrogen) atoms. The fourth-order valence-electron chi connectivity index (χ4n) is 1.64. The van der Waals surface area contributed by atoms with Crippen molar-refractivity contribution in [1.29, 1.82) is 0 Å². The molecule has 1 atom stereocenters. The number of nitrogens with zero attached hydrogens (tertiary/aromatic N) is 1. The Bertz CT molecular complexity index is 231. The Morgan fingerprint density at radius 3 is 2.71 bits per heavy atom. The Kier molecular flexibility index (Phi) is 4.14. The molecule has 0 aromatic heterocycles. The van der Waals surface area contributed by atoms with Crippen molar-refractivity contribution >= 4 is 5.91 Å². The van der Waals surface area contributed by atoms with E-state index in [2.05, 4.69) is 0 Å². The maximum atomic E-state index is 11.6. The Balaban J connectivity index is 2.51. The van der Waals surface area contributed by atoms with Crippen LogP contribution in [-0.4, -0.2) is 35.1 Å². The summed E-state index contributed by atoms with van der Waals surface area (Å²) in [7, 11) is 0. The average Bonchev–Trinajstić information content (AvgIpc) is 2.28. The highest BCUT2D eigenvalue weighted by Crippen LogP contribution is 2.11. The van der Waals surface area contributed by atoms with Crippen molar-refractivity contribution in [2.75, 3.05) is 13.1 Å². The van der Waals surface area contributed by atoms with Gasteiger partial charge in [-0.25, -0.2) is 0 Å². The fraction of sp³-hybridized carbons (Fsp3) is 0.727. The number of hydrogen-bond donors (Lipinski definition) is 1. The Morgan fingerprint density at radius 2 is 2.07 bits per heavy atom. The minimum absolute atomic E-state index is 0.0825. The largest absolute Gasteiger partial charge is 0.393 e. The molecule has 0 aromatic carbocycles. The molecule has 1 unspecified atom stereocenters. The highest BCUT2D eigenvalue weighted by molar-refractivity contribution is 5.88. The normalized spacial score (nSPS) is 22.8. The maximum absolute atomic E-state index is 11.6. The molecule has 0 bridgehead atoms. The molecule has 3 heteroatoms. The highest BCUT2D eigenvalue weighted by atomic mass is 16.3. The van der Waals surface area contributed by atoms with Crippen LogP contribution in [0.15, 0.2) is 11.6 Å². The van der Waals surface area contributed by atoms with Gasteiger partial charge in [-0.05, 0) is 33.1 Å². The zero-order valence-corrected chi connectivity index (χ0v) is 8.99. The van der Waals surface area contributed by atoms with Gasteiger partial charge < -0.3 is 10.0 Å². The van der Waals surface area contributed by atoms with E-state index in [-0.39, 0.29) is 12.0 Å². The first kappa shape index (κ1) is 11.2. The molecular weight excluding hydrogens is 178 g/mol. The third-order valence-corrected chi connectivity index (χ3v) is 2.42. The minimum Gasteiger partial charge on any atom is -0.393 e. The van der Waals surface area contributed by atoms with Gasteiger partial charge in [-0.15, -0.1) is 0 Å². The summed E-state index contributed by atoms with van der Waals surface area (Å²) in [4.78, 5) is 13.5. The SMILES string of the molecule is CC(C)=CC(=O)N1CCCC(O)CC1. The second-order valence-electron chi connectivity index (χ2n) is 4.13. The standard InChI is InChI=1S/C11H19NO2/c1-9(2)8-11(14)12-6-3-4-10(13)5-7-12/h8,10,13H,3-7H2,1-2H3. The summed E-state index contributed by atoms with van der Waals surface area (Å²) in [5, 5.41) is 9.42. The number of hydrogen-bond acceptors (Lipinski definition) is 2. The lowest BCUT2D eigenvalue weighted by Crippen LogP contribution is -2.30. The van der Waals surface area contributed by atoms with Crippen LogP contribution in [0.4, 0.5) is 0 Å². The van der Waals surface area contributed by atoms with E-state index >= 15 is 0 Å². The molecule has 80 valence electrons. The number of likely N-dealkylation sites (tertiary alicyclic amines) is 1. The number of carbonyl (C=O) groups is 1. The van der Waals surface area contributed by atoms with Gasteiger partial charge in [0.25, 0.3) is 0 Å². The van der Waals surface area contributed by atoms with E-state index in [1.807, 2.05) is 18.7 Å². The average molecular weight is 197 g/mol. The van der Waals surface area contributed by atoms with Gasteiger partial charge in [-0.3, -0.25) is 4.79 Å². The van der Waals surface area contributed by atoms with Gasteiger partial charge in [0.15, 0.2) is 0 Å². The van der Waals surface area contributed by atoms with Crippen LogP contribution >= 0.6 is 0 Å². The molecule has 0 aromatic rings. The van der Waals surface area contributed by atoms with E-state index in [9.17, 15) is 9.90 Å². The number of allylic oxidation sites excluding steroid dienone is 1. The third kappa shape index (κ3) is 3.50. The molecule has 1 aliphatic heterocycles. The van der Waals surface area contributed by atoms with Crippen molar-refractivity contribution in [2.24, 2.45) is 0 Å². The third-order valence-electron chi connectivity index (χ3n) is 2.42. The molecule has 0 radical (unpaired) electrons. The molecule has 1 N–H and O–H groups in total. The lowest BCUT2D eigenvalue weighted by Gasteiger charge is -2.18. The van der Waals surface area contributed by atoms with Crippen molar-refractivity contribution in [3.8, 4) is 0 Å². The second kappa shape index (κ2) is 5.15. The zero-order chi connectivity index (χ0) is 10.6. The van der Waals surface area contributed by atoms with Crippen LogP contribution < -0.4 is 0 Å². The van der Waals surface area contributed by atoms with Crippen LogP contribution in [-0.2, 0) is 4.79 Å². The summed E-state index contributed by atoms with van der Waals surface area (Å²) in [6.45, 7) is 5.30. The molecule has 0 spiro atoms. The van der Waals surface area contributed by atoms with Crippen molar-refractivity contribution in [3.05, 3.63) is 11.6 Å². The Labute approximate surface area is 85.4 Å². The molecule has 1 rings (SSSR count). The topological polar surface area (TPSA) is 40.5 Å². The minimum atomic E-state index is -0.223. The van der Waals surface area contributed by atoms with Gasteiger partial charge in [-0.1, -0.05) is 5.57 Å². The van der Waals surface area contributed by atoms with Gasteiger partial charge in [0.05, 0.1) is 6.10 Å². The van der Waals surface area contributed by atoms with E-state index < -0.39 is 0 Å². The van der Waals surface area contributed by atoms with Crippen LogP contribution in [0.2, 0.25) is 0 Å². The fourth-order valence-corrected chi connectivity index (χ4v) is 1.64. The first-order chi connectivity index (χ1) is 6.59. The molecule has 0 aliphatic carbocycles. The molecule has 1 fully saturated rings. The first-order valence-corrected chi connectivity index (χ1v) is 5.21. The van der Waals surface area contributed by atoms with Crippen molar-refractivity contribution < 1.29 is 9.90 Å². The van der Waals surface area contributed by atoms with Gasteiger partial charge in [0.2, 0.25) is 5.91 Å². The molecule has 1 saturated heterocycles. The second-order valence-corrected chi connectivity index (χ2v) is 4.13. The van der Waals surface area contributed by atoms with Gasteiger partial charge in [0, 0.05) is 19.2 Å². The van der Waals surface area contributed by atoms with E-state index in [1.165, 1.54) is 0 Å². The summed E-state index contributed by atoms with van der Waals surface area (Å²) in [6, 6.07) is 0. The molecule has 3 nitrogen and oxygen atoms in total. The highest BCUT2D eigenvalue weighted by Gasteiger charge is 2.17. The lowest BCUT2D eigenvalue weighted by atomic mass is 10.2. The molecule has 1 heterocycles. The quantitative estimate of drug-likeness (QED) is 0.644. The smallest absolute Gasteiger partial charge is 0.246 e. The molecule has 1 aliphatic rings. The summed E-state index contributed by atoms with van der Waals surface area (Å²) in [5.74, 6) is 0.0825. The van der Waals surface area contributed by atoms with Crippen molar-refractivity contribution in [2.45, 2.75) is 39.2 Å². The van der Waals surface area contributed by atoms with Crippen LogP contribution in [0.3, 0.4) is 0 Å². The van der Waals surface area contributed by atoms with Crippen LogP contribution in [0, 0.1) is 0 Å². The lowest BCUT2D eigenvalue weighted by molar-refractivity contribution is -0.126. The number of amides is 1. The van der Waals surface area contributed by atoms with Gasteiger partial charge >= 0.3 is 0 Å². The van der Waals surface area contributed by atoms with Crippen LogP contribution in [0.5, 0.6) is 0 Å². The monoisotopic (exact) mass is 197 g/mol. The summed E-state index contributed by atoms with van der Waals surface area (Å²) < 4.78 is 0. The number of aliphatic hydroxyl groups is 1. The first-order valence-electron chi connectivity index (χ1n) is 5.21. The molecule has 0 saturated carbocycles. The van der Waals surface area contributed by atoms with E-state index in [1.54, 1.807) is 6.08 Å². The predicted octanol–water partition coefficient (Wildman–Crippen LogP) is 1.33. The van der Waals surface area contributed by atoms with Crippen molar-refractivity contribution in [3.63, 3.8) is 0 Å². The van der Waals surface area contributed by atoms with E-state index in [0.717, 1.165) is 25.0 Å². The number of rotatable bonds is 1. The zero-order valence-electron chi connectivity index (χ0n) is 8.99. The van der Waals surface area contributed by atoms with Crippen LogP contribution in [0.1, 0.15) is 33.1 Å². The summed E-state index contributed by atoms with van der Waals surface area (Å²) >= 11 is 0. The van der Waals surface area contributed by atoms with E-state index in [0.29, 0.717) is 13.0 Å². The van der Waals surface area contributed by atoms with Gasteiger partial charge in [0.1, 0.15) is 0 Å². The van der Waals surface area contributed by atoms with Crippen molar-refractivity contribution in [1.82, 2.24) is 4.90 Å². The van der Waals surface area contributed by atoms with E-state index in [4.69, 9.17) is 0 Å².